The van der Waals surface area contributed by atoms with Crippen LogP contribution in [-0.4, -0.2) is 15.2 Å². The number of nitrogens with zero attached hydrogens (tertiary/aromatic N) is 2. The molecule has 3 aromatic rings. The van der Waals surface area contributed by atoms with Crippen LogP contribution < -0.4 is 0 Å². The average molecular weight is 256 g/mol. The quantitative estimate of drug-likeness (QED) is 0.761. The summed E-state index contributed by atoms with van der Waals surface area (Å²) in [5.41, 5.74) is 2.26. The molecule has 1 aromatic carbocycles. The van der Waals surface area contributed by atoms with Crippen molar-refractivity contribution in [3.05, 3.63) is 41.9 Å². The minimum absolute atomic E-state index is 0.124. The van der Waals surface area contributed by atoms with Gasteiger partial charge in [-0.2, -0.15) is 4.98 Å². The standard InChI is InChI=1S/C14H12N2O3/c1-8-3-4-11(12(17)7-8)14-15-13(16-19-14)10-5-6-18-9(10)2/h3-7,17H,1-2H3. The molecule has 19 heavy (non-hydrogen) atoms. The second-order valence-corrected chi connectivity index (χ2v) is 4.33. The van der Waals surface area contributed by atoms with Crippen molar-refractivity contribution in [1.82, 2.24) is 10.1 Å². The van der Waals surface area contributed by atoms with Gasteiger partial charge in [-0.15, -0.1) is 0 Å². The number of phenols is 1. The van der Waals surface area contributed by atoms with E-state index in [-0.39, 0.29) is 11.6 Å². The van der Waals surface area contributed by atoms with Crippen LogP contribution in [0.2, 0.25) is 0 Å². The summed E-state index contributed by atoms with van der Waals surface area (Å²) in [6, 6.07) is 7.06. The van der Waals surface area contributed by atoms with E-state index >= 15 is 0 Å². The molecule has 5 nitrogen and oxygen atoms in total. The zero-order chi connectivity index (χ0) is 13.4. The van der Waals surface area contributed by atoms with Crippen molar-refractivity contribution in [1.29, 1.82) is 0 Å². The summed E-state index contributed by atoms with van der Waals surface area (Å²) in [6.07, 6.45) is 1.57. The lowest BCUT2D eigenvalue weighted by molar-refractivity contribution is 0.425. The maximum atomic E-state index is 9.89. The predicted molar refractivity (Wildman–Crippen MR) is 68.6 cm³/mol. The first kappa shape index (κ1) is 11.5. The molecule has 1 N–H and O–H groups in total. The first-order valence-corrected chi connectivity index (χ1v) is 5.83. The fourth-order valence-corrected chi connectivity index (χ4v) is 1.88. The Labute approximate surface area is 109 Å². The number of hydrogen-bond donors (Lipinski definition) is 1. The molecule has 0 aliphatic heterocycles. The number of phenolic OH excluding ortho intramolecular Hbond substituents is 1. The molecule has 0 aliphatic rings. The largest absolute Gasteiger partial charge is 0.507 e. The Hall–Kier alpha value is -2.56. The normalized spacial score (nSPS) is 10.8. The van der Waals surface area contributed by atoms with Crippen LogP contribution >= 0.6 is 0 Å². The van der Waals surface area contributed by atoms with Crippen LogP contribution in [0.5, 0.6) is 5.75 Å². The van der Waals surface area contributed by atoms with Crippen molar-refractivity contribution < 1.29 is 14.0 Å². The van der Waals surface area contributed by atoms with Crippen molar-refractivity contribution in [3.63, 3.8) is 0 Å². The van der Waals surface area contributed by atoms with Gasteiger partial charge in [0.15, 0.2) is 0 Å². The van der Waals surface area contributed by atoms with Crippen LogP contribution in [0.1, 0.15) is 11.3 Å². The van der Waals surface area contributed by atoms with Crippen LogP contribution in [0, 0.1) is 13.8 Å². The summed E-state index contributed by atoms with van der Waals surface area (Å²) in [5, 5.41) is 13.8. The molecule has 0 saturated carbocycles. The van der Waals surface area contributed by atoms with Gasteiger partial charge in [-0.25, -0.2) is 0 Å². The molecule has 0 unspecified atom stereocenters. The van der Waals surface area contributed by atoms with E-state index in [9.17, 15) is 5.11 Å². The van der Waals surface area contributed by atoms with Crippen molar-refractivity contribution in [2.24, 2.45) is 0 Å². The van der Waals surface area contributed by atoms with E-state index in [0.29, 0.717) is 11.4 Å². The summed E-state index contributed by atoms with van der Waals surface area (Å²) in [5.74, 6) is 1.58. The maximum Gasteiger partial charge on any atom is 0.262 e. The maximum absolute atomic E-state index is 9.89. The summed E-state index contributed by atoms with van der Waals surface area (Å²) < 4.78 is 10.4. The third-order valence-electron chi connectivity index (χ3n) is 2.91. The zero-order valence-electron chi connectivity index (χ0n) is 10.5. The second-order valence-electron chi connectivity index (χ2n) is 4.33. The number of hydrogen-bond acceptors (Lipinski definition) is 5. The average Bonchev–Trinajstić information content (AvgIpc) is 2.97. The molecule has 96 valence electrons. The minimum Gasteiger partial charge on any atom is -0.507 e. The SMILES string of the molecule is Cc1ccc(-c2nc(-c3ccoc3C)no2)c(O)c1. The molecular formula is C14H12N2O3. The predicted octanol–water partition coefficient (Wildman–Crippen LogP) is 3.32. The van der Waals surface area contributed by atoms with Gasteiger partial charge in [-0.1, -0.05) is 11.2 Å². The summed E-state index contributed by atoms with van der Waals surface area (Å²) in [6.45, 7) is 3.73. The van der Waals surface area contributed by atoms with Gasteiger partial charge in [-0.05, 0) is 37.6 Å². The highest BCUT2D eigenvalue weighted by Gasteiger charge is 2.16. The minimum atomic E-state index is 0.124. The first-order chi connectivity index (χ1) is 9.15. The molecule has 0 amide bonds. The van der Waals surface area contributed by atoms with E-state index in [1.807, 2.05) is 19.9 Å². The van der Waals surface area contributed by atoms with Gasteiger partial charge < -0.3 is 14.0 Å². The molecule has 0 fully saturated rings. The molecule has 5 heteroatoms. The van der Waals surface area contributed by atoms with Gasteiger partial charge in [0, 0.05) is 0 Å². The van der Waals surface area contributed by atoms with Gasteiger partial charge >= 0.3 is 0 Å². The Morgan fingerprint density at radius 3 is 2.63 bits per heavy atom. The van der Waals surface area contributed by atoms with Crippen LogP contribution in [0.3, 0.4) is 0 Å². The van der Waals surface area contributed by atoms with Crippen molar-refractivity contribution >= 4 is 0 Å². The van der Waals surface area contributed by atoms with E-state index in [1.54, 1.807) is 24.5 Å². The van der Waals surface area contributed by atoms with Gasteiger partial charge in [0.1, 0.15) is 11.5 Å². The number of furan rings is 1. The van der Waals surface area contributed by atoms with Crippen molar-refractivity contribution in [2.45, 2.75) is 13.8 Å². The van der Waals surface area contributed by atoms with Gasteiger partial charge in [0.2, 0.25) is 5.82 Å². The smallest absolute Gasteiger partial charge is 0.262 e. The van der Waals surface area contributed by atoms with Crippen LogP contribution in [0.25, 0.3) is 22.8 Å². The Balaban J connectivity index is 2.04. The Morgan fingerprint density at radius 2 is 1.95 bits per heavy atom. The van der Waals surface area contributed by atoms with E-state index in [1.165, 1.54) is 0 Å². The lowest BCUT2D eigenvalue weighted by atomic mass is 10.1. The molecule has 0 aliphatic carbocycles. The number of aromatic hydroxyl groups is 1. The van der Waals surface area contributed by atoms with E-state index in [2.05, 4.69) is 10.1 Å². The van der Waals surface area contributed by atoms with Crippen molar-refractivity contribution in [2.75, 3.05) is 0 Å². The monoisotopic (exact) mass is 256 g/mol. The highest BCUT2D eigenvalue weighted by molar-refractivity contribution is 5.65. The Morgan fingerprint density at radius 1 is 1.11 bits per heavy atom. The third-order valence-corrected chi connectivity index (χ3v) is 2.91. The lowest BCUT2D eigenvalue weighted by Gasteiger charge is -1.99. The molecule has 0 saturated heterocycles. The number of benzene rings is 1. The number of aromatic nitrogens is 2. The zero-order valence-corrected chi connectivity index (χ0v) is 10.5. The lowest BCUT2D eigenvalue weighted by Crippen LogP contribution is -1.82. The fourth-order valence-electron chi connectivity index (χ4n) is 1.88. The van der Waals surface area contributed by atoms with E-state index in [0.717, 1.165) is 16.9 Å². The van der Waals surface area contributed by atoms with Gasteiger partial charge in [0.25, 0.3) is 5.89 Å². The summed E-state index contributed by atoms with van der Waals surface area (Å²) in [4.78, 5) is 4.28. The molecular weight excluding hydrogens is 244 g/mol. The molecule has 2 heterocycles. The molecule has 0 atom stereocenters. The van der Waals surface area contributed by atoms with E-state index in [4.69, 9.17) is 8.94 Å². The first-order valence-electron chi connectivity index (χ1n) is 5.83. The highest BCUT2D eigenvalue weighted by Crippen LogP contribution is 2.30. The fraction of sp³-hybridized carbons (Fsp3) is 0.143. The third kappa shape index (κ3) is 1.99. The topological polar surface area (TPSA) is 72.3 Å². The highest BCUT2D eigenvalue weighted by atomic mass is 16.5. The molecule has 0 spiro atoms. The molecule has 2 aromatic heterocycles. The van der Waals surface area contributed by atoms with Crippen molar-refractivity contribution in [3.8, 4) is 28.6 Å². The summed E-state index contributed by atoms with van der Waals surface area (Å²) >= 11 is 0. The van der Waals surface area contributed by atoms with Gasteiger partial charge in [-0.3, -0.25) is 0 Å². The second kappa shape index (κ2) is 4.28. The van der Waals surface area contributed by atoms with Crippen LogP contribution in [0.15, 0.2) is 39.5 Å². The summed E-state index contributed by atoms with van der Waals surface area (Å²) in [7, 11) is 0. The number of rotatable bonds is 2. The van der Waals surface area contributed by atoms with Gasteiger partial charge in [0.05, 0.1) is 17.4 Å². The molecule has 0 bridgehead atoms. The van der Waals surface area contributed by atoms with Crippen LogP contribution in [0.4, 0.5) is 0 Å². The Bertz CT molecular complexity index is 728. The molecule has 3 rings (SSSR count). The van der Waals surface area contributed by atoms with E-state index < -0.39 is 0 Å². The Kier molecular flexibility index (Phi) is 2.59. The van der Waals surface area contributed by atoms with Crippen LogP contribution in [-0.2, 0) is 0 Å². The number of aryl methyl sites for hydroxylation is 2. The molecule has 0 radical (unpaired) electrons.